The number of aliphatic hydroxyl groups is 1. The van der Waals surface area contributed by atoms with Crippen molar-refractivity contribution in [1.29, 1.82) is 0 Å². The minimum Gasteiger partial charge on any atom is -0.450 e. The molecule has 0 spiro atoms. The molecular formula is C11H12BrNO4S2. The van der Waals surface area contributed by atoms with Gasteiger partial charge in [-0.1, -0.05) is 0 Å². The second-order valence-corrected chi connectivity index (χ2v) is 7.02. The summed E-state index contributed by atoms with van der Waals surface area (Å²) in [5, 5.41) is 12.8. The predicted octanol–water partition coefficient (Wildman–Crippen LogP) is 2.12. The fourth-order valence-corrected chi connectivity index (χ4v) is 4.23. The third-order valence-electron chi connectivity index (χ3n) is 2.44. The smallest absolute Gasteiger partial charge is 0.244 e. The lowest BCUT2D eigenvalue weighted by Crippen LogP contribution is -2.25. The second-order valence-electron chi connectivity index (χ2n) is 3.79. The molecule has 0 aliphatic rings. The zero-order valence-corrected chi connectivity index (χ0v) is 13.0. The summed E-state index contributed by atoms with van der Waals surface area (Å²) in [6.07, 6.45) is 0.630. The van der Waals surface area contributed by atoms with Gasteiger partial charge in [-0.25, -0.2) is 13.1 Å². The average Bonchev–Trinajstić information content (AvgIpc) is 2.98. The normalized spacial score (nSPS) is 11.9. The van der Waals surface area contributed by atoms with E-state index in [2.05, 4.69) is 20.7 Å². The molecule has 2 heterocycles. The highest BCUT2D eigenvalue weighted by Gasteiger charge is 2.21. The average molecular weight is 366 g/mol. The maximum atomic E-state index is 12.0. The first-order valence-corrected chi connectivity index (χ1v) is 8.64. The predicted molar refractivity (Wildman–Crippen MR) is 75.5 cm³/mol. The van der Waals surface area contributed by atoms with Gasteiger partial charge >= 0.3 is 0 Å². The van der Waals surface area contributed by atoms with Gasteiger partial charge in [0.25, 0.3) is 0 Å². The van der Waals surface area contributed by atoms with E-state index in [1.807, 2.05) is 16.8 Å². The van der Waals surface area contributed by atoms with E-state index in [-0.39, 0.29) is 21.9 Å². The number of nitrogens with one attached hydrogen (secondary N) is 1. The van der Waals surface area contributed by atoms with E-state index in [9.17, 15) is 8.42 Å². The van der Waals surface area contributed by atoms with E-state index in [1.165, 1.54) is 6.07 Å². The molecule has 2 rings (SSSR count). The zero-order chi connectivity index (χ0) is 13.9. The molecular weight excluding hydrogens is 354 g/mol. The quantitative estimate of drug-likeness (QED) is 0.821. The van der Waals surface area contributed by atoms with Crippen LogP contribution in [0.25, 0.3) is 0 Å². The Morgan fingerprint density at radius 3 is 2.84 bits per heavy atom. The summed E-state index contributed by atoms with van der Waals surface area (Å²) in [4.78, 5) is 0.00173. The van der Waals surface area contributed by atoms with Crippen molar-refractivity contribution in [2.75, 3.05) is 6.54 Å². The van der Waals surface area contributed by atoms with Gasteiger partial charge < -0.3 is 9.52 Å². The molecule has 2 N–H and O–H groups in total. The minimum atomic E-state index is -3.63. The molecule has 0 fully saturated rings. The largest absolute Gasteiger partial charge is 0.450 e. The van der Waals surface area contributed by atoms with Crippen LogP contribution in [0.4, 0.5) is 0 Å². The van der Waals surface area contributed by atoms with Gasteiger partial charge in [0.05, 0.1) is 0 Å². The summed E-state index contributed by atoms with van der Waals surface area (Å²) in [5.74, 6) is 0.199. The molecule has 0 aromatic carbocycles. The monoisotopic (exact) mass is 365 g/mol. The van der Waals surface area contributed by atoms with Gasteiger partial charge in [0.2, 0.25) is 10.0 Å². The molecule has 2 aromatic rings. The Labute approximate surface area is 123 Å². The fraction of sp³-hybridized carbons (Fsp3) is 0.273. The third kappa shape index (κ3) is 3.67. The van der Waals surface area contributed by atoms with E-state index in [0.29, 0.717) is 13.0 Å². The van der Waals surface area contributed by atoms with Crippen LogP contribution in [0, 0.1) is 0 Å². The molecule has 0 radical (unpaired) electrons. The molecule has 0 aliphatic carbocycles. The molecule has 2 aromatic heterocycles. The molecule has 8 heteroatoms. The lowest BCUT2D eigenvalue weighted by atomic mass is 10.2. The number of hydrogen-bond acceptors (Lipinski definition) is 5. The second kappa shape index (κ2) is 6.19. The summed E-state index contributed by atoms with van der Waals surface area (Å²) in [7, 11) is -3.63. The first-order chi connectivity index (χ1) is 9.03. The van der Waals surface area contributed by atoms with Gasteiger partial charge in [-0.3, -0.25) is 0 Å². The van der Waals surface area contributed by atoms with Crippen molar-refractivity contribution in [1.82, 2.24) is 4.72 Å². The van der Waals surface area contributed by atoms with Gasteiger partial charge in [-0.15, -0.1) is 0 Å². The van der Waals surface area contributed by atoms with Crippen LogP contribution in [0.5, 0.6) is 0 Å². The fourth-order valence-electron chi connectivity index (χ4n) is 1.50. The Hall–Kier alpha value is -0.670. The van der Waals surface area contributed by atoms with Crippen molar-refractivity contribution in [3.8, 4) is 0 Å². The highest BCUT2D eigenvalue weighted by molar-refractivity contribution is 9.10. The molecule has 5 nitrogen and oxygen atoms in total. The summed E-state index contributed by atoms with van der Waals surface area (Å²) in [5.41, 5.74) is 1.09. The number of sulfonamides is 1. The van der Waals surface area contributed by atoms with Gasteiger partial charge in [0, 0.05) is 12.6 Å². The Kier molecular flexibility index (Phi) is 4.80. The Bertz CT molecular complexity index is 634. The molecule has 0 saturated carbocycles. The molecule has 0 bridgehead atoms. The van der Waals surface area contributed by atoms with E-state index in [0.717, 1.165) is 5.56 Å². The van der Waals surface area contributed by atoms with Crippen LogP contribution in [0.2, 0.25) is 0 Å². The molecule has 0 amide bonds. The van der Waals surface area contributed by atoms with Crippen LogP contribution in [0.15, 0.2) is 36.9 Å². The van der Waals surface area contributed by atoms with E-state index < -0.39 is 10.0 Å². The zero-order valence-electron chi connectivity index (χ0n) is 9.80. The highest BCUT2D eigenvalue weighted by Crippen LogP contribution is 2.25. The Morgan fingerprint density at radius 1 is 1.47 bits per heavy atom. The van der Waals surface area contributed by atoms with Crippen LogP contribution in [-0.4, -0.2) is 20.1 Å². The van der Waals surface area contributed by atoms with Gasteiger partial charge in [-0.05, 0) is 44.7 Å². The third-order valence-corrected chi connectivity index (χ3v) is 5.49. The molecule has 0 unspecified atom stereocenters. The molecule has 0 atom stereocenters. The summed E-state index contributed by atoms with van der Waals surface area (Å²) >= 11 is 4.60. The minimum absolute atomic E-state index is 0.00173. The topological polar surface area (TPSA) is 79.5 Å². The van der Waals surface area contributed by atoms with Crippen molar-refractivity contribution in [3.05, 3.63) is 38.9 Å². The number of aliphatic hydroxyl groups excluding tert-OH is 1. The number of hydrogen-bond donors (Lipinski definition) is 2. The van der Waals surface area contributed by atoms with E-state index in [1.54, 1.807) is 11.3 Å². The lowest BCUT2D eigenvalue weighted by molar-refractivity contribution is 0.245. The highest BCUT2D eigenvalue weighted by atomic mass is 79.9. The van der Waals surface area contributed by atoms with Crippen molar-refractivity contribution in [3.63, 3.8) is 0 Å². The van der Waals surface area contributed by atoms with Gasteiger partial charge in [0.1, 0.15) is 17.3 Å². The van der Waals surface area contributed by atoms with Gasteiger partial charge in [0.15, 0.2) is 4.67 Å². The Balaban J connectivity index is 2.03. The SMILES string of the molecule is O=S(=O)(NCCc1ccsc1)c1cc(CO)oc1Br. The maximum Gasteiger partial charge on any atom is 0.244 e. The van der Waals surface area contributed by atoms with E-state index >= 15 is 0 Å². The first-order valence-electron chi connectivity index (χ1n) is 5.43. The summed E-state index contributed by atoms with van der Waals surface area (Å²) < 4.78 is 31.7. The number of furan rings is 1. The van der Waals surface area contributed by atoms with Crippen LogP contribution >= 0.6 is 27.3 Å². The van der Waals surface area contributed by atoms with Gasteiger partial charge in [-0.2, -0.15) is 11.3 Å². The van der Waals surface area contributed by atoms with Crippen LogP contribution in [-0.2, 0) is 23.1 Å². The van der Waals surface area contributed by atoms with Crippen molar-refractivity contribution < 1.29 is 17.9 Å². The summed E-state index contributed by atoms with van der Waals surface area (Å²) in [6.45, 7) is -0.0336. The van der Waals surface area contributed by atoms with E-state index in [4.69, 9.17) is 9.52 Å². The number of thiophene rings is 1. The molecule has 0 aliphatic heterocycles. The van der Waals surface area contributed by atoms with Crippen molar-refractivity contribution in [2.24, 2.45) is 0 Å². The standard InChI is InChI=1S/C11H12BrNO4S2/c12-11-10(5-9(6-14)17-11)19(15,16)13-3-1-8-2-4-18-7-8/h2,4-5,7,13-14H,1,3,6H2. The maximum absolute atomic E-state index is 12.0. The number of rotatable bonds is 6. The first kappa shape index (κ1) is 14.7. The molecule has 0 saturated heterocycles. The van der Waals surface area contributed by atoms with Crippen molar-refractivity contribution in [2.45, 2.75) is 17.9 Å². The Morgan fingerprint density at radius 2 is 2.26 bits per heavy atom. The van der Waals surface area contributed by atoms with Crippen LogP contribution in [0.1, 0.15) is 11.3 Å². The van der Waals surface area contributed by atoms with Crippen LogP contribution < -0.4 is 4.72 Å². The molecule has 19 heavy (non-hydrogen) atoms. The number of halogens is 1. The molecule has 104 valence electrons. The summed E-state index contributed by atoms with van der Waals surface area (Å²) in [6, 6.07) is 3.26. The van der Waals surface area contributed by atoms with Crippen LogP contribution in [0.3, 0.4) is 0 Å². The lowest BCUT2D eigenvalue weighted by Gasteiger charge is -2.04. The van der Waals surface area contributed by atoms with Crippen molar-refractivity contribution >= 4 is 37.3 Å².